The van der Waals surface area contributed by atoms with Crippen molar-refractivity contribution in [3.63, 3.8) is 0 Å². The minimum Gasteiger partial charge on any atom is -0.361 e. The van der Waals surface area contributed by atoms with Crippen molar-refractivity contribution in [3.05, 3.63) is 65.9 Å². The number of piperidine rings is 1. The molecular formula is C22H24N2OS. The van der Waals surface area contributed by atoms with E-state index in [1.54, 1.807) is 11.8 Å². The van der Waals surface area contributed by atoms with Gasteiger partial charge in [0.15, 0.2) is 0 Å². The highest BCUT2D eigenvalue weighted by Gasteiger charge is 2.25. The number of hydrogen-bond donors (Lipinski definition) is 1. The molecule has 3 nitrogen and oxygen atoms in total. The van der Waals surface area contributed by atoms with Crippen LogP contribution in [0.3, 0.4) is 0 Å². The molecule has 0 saturated carbocycles. The molecule has 4 rings (SSSR count). The summed E-state index contributed by atoms with van der Waals surface area (Å²) < 4.78 is 0. The van der Waals surface area contributed by atoms with Gasteiger partial charge in [-0.3, -0.25) is 4.79 Å². The maximum Gasteiger partial charge on any atom is 0.232 e. The van der Waals surface area contributed by atoms with Gasteiger partial charge in [-0.05, 0) is 48.9 Å². The van der Waals surface area contributed by atoms with Gasteiger partial charge < -0.3 is 9.88 Å². The minimum atomic E-state index is 0.260. The van der Waals surface area contributed by atoms with Crippen LogP contribution in [0.4, 0.5) is 0 Å². The van der Waals surface area contributed by atoms with Crippen LogP contribution in [0, 0.1) is 6.92 Å². The fraction of sp³-hybridized carbons (Fsp3) is 0.318. The lowest BCUT2D eigenvalue weighted by molar-refractivity contribution is -0.129. The van der Waals surface area contributed by atoms with Crippen LogP contribution in [-0.2, 0) is 4.79 Å². The van der Waals surface area contributed by atoms with Crippen LogP contribution in [0.15, 0.2) is 59.6 Å². The Morgan fingerprint density at radius 2 is 1.85 bits per heavy atom. The van der Waals surface area contributed by atoms with E-state index in [-0.39, 0.29) is 5.91 Å². The topological polar surface area (TPSA) is 36.1 Å². The van der Waals surface area contributed by atoms with E-state index >= 15 is 0 Å². The number of H-pyrrole nitrogens is 1. The molecule has 4 heteroatoms. The summed E-state index contributed by atoms with van der Waals surface area (Å²) in [7, 11) is 0. The van der Waals surface area contributed by atoms with Gasteiger partial charge in [-0.2, -0.15) is 0 Å². The van der Waals surface area contributed by atoms with Gasteiger partial charge in [-0.15, -0.1) is 11.8 Å². The second kappa shape index (κ2) is 7.58. The molecule has 1 aromatic heterocycles. The van der Waals surface area contributed by atoms with Gasteiger partial charge in [-0.1, -0.05) is 36.4 Å². The molecule has 0 unspecified atom stereocenters. The summed E-state index contributed by atoms with van der Waals surface area (Å²) in [6.45, 7) is 3.81. The van der Waals surface area contributed by atoms with Crippen molar-refractivity contribution in [1.82, 2.24) is 9.88 Å². The highest BCUT2D eigenvalue weighted by Crippen LogP contribution is 2.33. The van der Waals surface area contributed by atoms with Crippen molar-refractivity contribution in [2.24, 2.45) is 0 Å². The zero-order chi connectivity index (χ0) is 17.9. The van der Waals surface area contributed by atoms with Crippen molar-refractivity contribution in [2.75, 3.05) is 18.8 Å². The first-order valence-electron chi connectivity index (χ1n) is 9.24. The van der Waals surface area contributed by atoms with Gasteiger partial charge in [-0.25, -0.2) is 0 Å². The Labute approximate surface area is 158 Å². The normalized spacial score (nSPS) is 15.5. The molecule has 1 aliphatic heterocycles. The molecule has 2 aromatic carbocycles. The van der Waals surface area contributed by atoms with Crippen LogP contribution >= 0.6 is 11.8 Å². The van der Waals surface area contributed by atoms with Gasteiger partial charge >= 0.3 is 0 Å². The number of nitrogens with one attached hydrogen (secondary N) is 1. The molecule has 134 valence electrons. The van der Waals surface area contributed by atoms with Crippen molar-refractivity contribution in [2.45, 2.75) is 30.6 Å². The first-order chi connectivity index (χ1) is 12.7. The van der Waals surface area contributed by atoms with E-state index in [0.717, 1.165) is 25.9 Å². The van der Waals surface area contributed by atoms with E-state index < -0.39 is 0 Å². The molecule has 0 radical (unpaired) electrons. The number of rotatable bonds is 4. The third kappa shape index (κ3) is 3.51. The van der Waals surface area contributed by atoms with Gasteiger partial charge in [0.2, 0.25) is 5.91 Å². The zero-order valence-electron chi connectivity index (χ0n) is 15.1. The molecule has 0 spiro atoms. The standard InChI is InChI=1S/C22H24N2OS/c1-16-6-2-5-9-21(16)26-15-22(25)24-12-10-17(11-13-24)19-14-23-20-8-4-3-7-18(19)20/h2-9,14,17,23H,10-13,15H2,1H3. The first kappa shape index (κ1) is 17.2. The molecule has 1 aliphatic rings. The Balaban J connectivity index is 1.34. The number of para-hydroxylation sites is 1. The van der Waals surface area contributed by atoms with Crippen molar-refractivity contribution < 1.29 is 4.79 Å². The largest absolute Gasteiger partial charge is 0.361 e. The predicted molar refractivity (Wildman–Crippen MR) is 109 cm³/mol. The SMILES string of the molecule is Cc1ccccc1SCC(=O)N1CCC(c2c[nH]c3ccccc23)CC1. The molecule has 0 aliphatic carbocycles. The van der Waals surface area contributed by atoms with E-state index in [1.807, 2.05) is 17.0 Å². The fourth-order valence-electron chi connectivity index (χ4n) is 3.82. The number of aromatic nitrogens is 1. The second-order valence-corrected chi connectivity index (χ2v) is 8.02. The Bertz CT molecular complexity index is 909. The summed E-state index contributed by atoms with van der Waals surface area (Å²) in [5, 5.41) is 1.33. The third-order valence-corrected chi connectivity index (χ3v) is 6.51. The number of thioether (sulfide) groups is 1. The zero-order valence-corrected chi connectivity index (χ0v) is 15.9. The number of nitrogens with zero attached hydrogens (tertiary/aromatic N) is 1. The number of carbonyl (C=O) groups excluding carboxylic acids is 1. The fourth-order valence-corrected chi connectivity index (χ4v) is 4.75. The second-order valence-electron chi connectivity index (χ2n) is 7.00. The number of hydrogen-bond acceptors (Lipinski definition) is 2. The Hall–Kier alpha value is -2.20. The van der Waals surface area contributed by atoms with E-state index in [9.17, 15) is 4.79 Å². The number of aryl methyl sites for hydroxylation is 1. The van der Waals surface area contributed by atoms with Crippen molar-refractivity contribution in [1.29, 1.82) is 0 Å². The molecule has 26 heavy (non-hydrogen) atoms. The van der Waals surface area contributed by atoms with Gasteiger partial charge in [0.25, 0.3) is 0 Å². The Morgan fingerprint density at radius 1 is 1.12 bits per heavy atom. The first-order valence-corrected chi connectivity index (χ1v) is 10.2. The number of benzene rings is 2. The smallest absolute Gasteiger partial charge is 0.232 e. The average Bonchev–Trinajstić information content (AvgIpc) is 3.11. The van der Waals surface area contributed by atoms with Gasteiger partial charge in [0.1, 0.15) is 0 Å². The summed E-state index contributed by atoms with van der Waals surface area (Å²) in [4.78, 5) is 19.2. The van der Waals surface area contributed by atoms with Crippen LogP contribution in [0.1, 0.15) is 29.9 Å². The molecule has 1 amide bonds. The maximum atomic E-state index is 12.6. The predicted octanol–water partition coefficient (Wildman–Crippen LogP) is 4.97. The lowest BCUT2D eigenvalue weighted by atomic mass is 9.89. The number of fused-ring (bicyclic) bond motifs is 1. The van der Waals surface area contributed by atoms with E-state index in [2.05, 4.69) is 54.5 Å². The number of carbonyl (C=O) groups is 1. The Kier molecular flexibility index (Phi) is 5.02. The summed E-state index contributed by atoms with van der Waals surface area (Å²) in [6.07, 6.45) is 4.24. The number of amides is 1. The van der Waals surface area contributed by atoms with Crippen LogP contribution < -0.4 is 0 Å². The molecule has 1 N–H and O–H groups in total. The molecule has 1 fully saturated rings. The van der Waals surface area contributed by atoms with Gasteiger partial charge in [0, 0.05) is 35.1 Å². The van der Waals surface area contributed by atoms with Crippen LogP contribution in [0.2, 0.25) is 0 Å². The monoisotopic (exact) mass is 364 g/mol. The molecular weight excluding hydrogens is 340 g/mol. The molecule has 2 heterocycles. The molecule has 0 bridgehead atoms. The van der Waals surface area contributed by atoms with Crippen LogP contribution in [0.5, 0.6) is 0 Å². The summed E-state index contributed by atoms with van der Waals surface area (Å²) in [5.74, 6) is 1.33. The lowest BCUT2D eigenvalue weighted by Crippen LogP contribution is -2.38. The Morgan fingerprint density at radius 3 is 2.65 bits per heavy atom. The molecule has 0 atom stereocenters. The van der Waals surface area contributed by atoms with E-state index in [0.29, 0.717) is 11.7 Å². The number of likely N-dealkylation sites (tertiary alicyclic amines) is 1. The van der Waals surface area contributed by atoms with Crippen molar-refractivity contribution >= 4 is 28.6 Å². The quantitative estimate of drug-likeness (QED) is 0.663. The summed E-state index contributed by atoms with van der Waals surface area (Å²) in [5.41, 5.74) is 3.85. The van der Waals surface area contributed by atoms with Gasteiger partial charge in [0.05, 0.1) is 5.75 Å². The number of aromatic amines is 1. The average molecular weight is 365 g/mol. The van der Waals surface area contributed by atoms with Crippen LogP contribution in [-0.4, -0.2) is 34.6 Å². The lowest BCUT2D eigenvalue weighted by Gasteiger charge is -2.32. The molecule has 1 saturated heterocycles. The maximum absolute atomic E-state index is 12.6. The van der Waals surface area contributed by atoms with Crippen molar-refractivity contribution in [3.8, 4) is 0 Å². The van der Waals surface area contributed by atoms with E-state index in [1.165, 1.54) is 26.9 Å². The third-order valence-electron chi connectivity index (χ3n) is 5.35. The minimum absolute atomic E-state index is 0.260. The summed E-state index contributed by atoms with van der Waals surface area (Å²) >= 11 is 1.65. The van der Waals surface area contributed by atoms with E-state index in [4.69, 9.17) is 0 Å². The molecule has 3 aromatic rings. The summed E-state index contributed by atoms with van der Waals surface area (Å²) in [6, 6.07) is 16.7. The highest BCUT2D eigenvalue weighted by molar-refractivity contribution is 8.00. The van der Waals surface area contributed by atoms with Crippen LogP contribution in [0.25, 0.3) is 10.9 Å². The highest BCUT2D eigenvalue weighted by atomic mass is 32.2.